The first-order valence-corrected chi connectivity index (χ1v) is 19.9. The van der Waals surface area contributed by atoms with Gasteiger partial charge in [0.2, 0.25) is 0 Å². The van der Waals surface area contributed by atoms with E-state index < -0.39 is 20.4 Å². The zero-order chi connectivity index (χ0) is 33.4. The molecular weight excluding hydrogens is 704 g/mol. The molecule has 236 valence electrons. The molecule has 0 aliphatic rings. The fraction of sp³-hybridized carbons (Fsp3) is 0.167. The van der Waals surface area contributed by atoms with Crippen molar-refractivity contribution < 1.29 is 0 Å². The fourth-order valence-corrected chi connectivity index (χ4v) is 12.3. The van der Waals surface area contributed by atoms with Gasteiger partial charge in [0.1, 0.15) is 0 Å². The van der Waals surface area contributed by atoms with Gasteiger partial charge in [-0.25, -0.2) is 0 Å². The Morgan fingerprint density at radius 2 is 0.878 bits per heavy atom. The van der Waals surface area contributed by atoms with Crippen LogP contribution in [0.3, 0.4) is 0 Å². The molecular formula is C48H38Te. The van der Waals surface area contributed by atoms with E-state index in [4.69, 9.17) is 0 Å². The molecule has 10 aromatic rings. The molecule has 0 saturated carbocycles. The van der Waals surface area contributed by atoms with Crippen molar-refractivity contribution >= 4 is 83.1 Å². The van der Waals surface area contributed by atoms with E-state index in [1.165, 1.54) is 102 Å². The Hall–Kier alpha value is -4.41. The number of hydrogen-bond donors (Lipinski definition) is 0. The molecule has 0 aliphatic carbocycles. The van der Waals surface area contributed by atoms with Crippen LogP contribution in [0.25, 0.3) is 94.0 Å². The third kappa shape index (κ3) is 4.10. The zero-order valence-corrected chi connectivity index (χ0v) is 31.3. The molecule has 0 bridgehead atoms. The number of benzene rings is 8. The van der Waals surface area contributed by atoms with Gasteiger partial charge in [-0.2, -0.15) is 0 Å². The number of rotatable bonds is 3. The summed E-state index contributed by atoms with van der Waals surface area (Å²) >= 11 is -0.639. The second kappa shape index (κ2) is 10.1. The van der Waals surface area contributed by atoms with Gasteiger partial charge >= 0.3 is 299 Å². The van der Waals surface area contributed by atoms with E-state index in [1.807, 2.05) is 0 Å². The van der Waals surface area contributed by atoms with Crippen molar-refractivity contribution in [2.24, 2.45) is 0 Å². The van der Waals surface area contributed by atoms with Crippen LogP contribution < -0.4 is 0 Å². The van der Waals surface area contributed by atoms with Crippen LogP contribution in [0, 0.1) is 0 Å². The monoisotopic (exact) mass is 744 g/mol. The molecule has 0 saturated heterocycles. The SMILES string of the molecule is CC(C)(C)c1ccccc1-c1cc2c3cc(-c4ccccc4)[te]c3c3cc(-c4ccccc4C(C)(C)C)c4ccc5ccc1c1c5c4c3c21. The van der Waals surface area contributed by atoms with Crippen LogP contribution in [-0.2, 0) is 10.8 Å². The molecule has 0 N–H and O–H groups in total. The van der Waals surface area contributed by atoms with Crippen molar-refractivity contribution in [1.82, 2.24) is 0 Å². The third-order valence-corrected chi connectivity index (χ3v) is 14.5. The third-order valence-electron chi connectivity index (χ3n) is 11.0. The Kier molecular flexibility index (Phi) is 6.07. The van der Waals surface area contributed by atoms with Gasteiger partial charge in [0.25, 0.3) is 0 Å². The van der Waals surface area contributed by atoms with Crippen LogP contribution in [0.4, 0.5) is 0 Å². The standard InChI is InChI=1S/C48H38Te/c1-47(2,3)38-18-12-10-16-29(38)33-24-35-36-26-40(27-14-8-7-9-15-27)49-46(36)37-25-34(30-17-11-13-19-39(30)48(4,5)6)32-23-21-28-20-22-31(33)42-41(28)43(32)45(37)44(35)42/h7-26H,1-6H3. The predicted molar refractivity (Wildman–Crippen MR) is 216 cm³/mol. The quantitative estimate of drug-likeness (QED) is 0.125. The van der Waals surface area contributed by atoms with Crippen LogP contribution >= 0.6 is 0 Å². The van der Waals surface area contributed by atoms with Crippen molar-refractivity contribution in [2.75, 3.05) is 0 Å². The van der Waals surface area contributed by atoms with E-state index >= 15 is 0 Å². The predicted octanol–water partition coefficient (Wildman–Crippen LogP) is 13.6. The van der Waals surface area contributed by atoms with E-state index in [1.54, 1.807) is 3.40 Å². The minimum absolute atomic E-state index is 0.0270. The average molecular weight is 742 g/mol. The Balaban J connectivity index is 1.46. The second-order valence-electron chi connectivity index (χ2n) is 16.1. The van der Waals surface area contributed by atoms with Gasteiger partial charge in [0.05, 0.1) is 0 Å². The topological polar surface area (TPSA) is 0 Å². The average Bonchev–Trinajstić information content (AvgIpc) is 3.71. The molecule has 10 rings (SSSR count). The van der Waals surface area contributed by atoms with Crippen molar-refractivity contribution in [2.45, 2.75) is 52.4 Å². The molecule has 49 heavy (non-hydrogen) atoms. The normalized spacial score (nSPS) is 13.1. The molecule has 1 heteroatoms. The van der Waals surface area contributed by atoms with Crippen LogP contribution in [0.15, 0.2) is 121 Å². The summed E-state index contributed by atoms with van der Waals surface area (Å²) < 4.78 is 3.14. The molecule has 0 atom stereocenters. The number of hydrogen-bond acceptors (Lipinski definition) is 0. The molecule has 1 aromatic heterocycles. The van der Waals surface area contributed by atoms with Crippen molar-refractivity contribution in [1.29, 1.82) is 0 Å². The van der Waals surface area contributed by atoms with E-state index in [-0.39, 0.29) is 10.8 Å². The van der Waals surface area contributed by atoms with Crippen molar-refractivity contribution in [3.05, 3.63) is 132 Å². The van der Waals surface area contributed by atoms with Crippen molar-refractivity contribution in [3.8, 4) is 31.4 Å². The fourth-order valence-electron chi connectivity index (χ4n) is 8.88. The van der Waals surface area contributed by atoms with Gasteiger partial charge in [0, 0.05) is 0 Å². The molecule has 0 amide bonds. The van der Waals surface area contributed by atoms with E-state index in [0.717, 1.165) is 0 Å². The van der Waals surface area contributed by atoms with Crippen LogP contribution in [0.2, 0.25) is 0 Å². The summed E-state index contributed by atoms with van der Waals surface area (Å²) in [7, 11) is 0. The second-order valence-corrected chi connectivity index (χ2v) is 19.1. The maximum absolute atomic E-state index is 2.60. The Morgan fingerprint density at radius 3 is 1.45 bits per heavy atom. The Morgan fingerprint density at radius 1 is 0.388 bits per heavy atom. The molecule has 0 unspecified atom stereocenters. The van der Waals surface area contributed by atoms with Crippen LogP contribution in [0.1, 0.15) is 52.7 Å². The first-order valence-electron chi connectivity index (χ1n) is 17.5. The maximum atomic E-state index is 2.60. The summed E-state index contributed by atoms with van der Waals surface area (Å²) in [5, 5.41) is 15.8. The first kappa shape index (κ1) is 29.5. The minimum atomic E-state index is -0.639. The van der Waals surface area contributed by atoms with Gasteiger partial charge in [-0.3, -0.25) is 0 Å². The van der Waals surface area contributed by atoms with E-state index in [0.29, 0.717) is 0 Å². The van der Waals surface area contributed by atoms with Gasteiger partial charge in [-0.15, -0.1) is 0 Å². The molecule has 1 heterocycles. The summed E-state index contributed by atoms with van der Waals surface area (Å²) in [5.41, 5.74) is 9.70. The summed E-state index contributed by atoms with van der Waals surface area (Å²) in [6, 6.07) is 46.7. The van der Waals surface area contributed by atoms with E-state index in [2.05, 4.69) is 163 Å². The molecule has 0 radical (unpaired) electrons. The Bertz CT molecular complexity index is 2700. The Labute approximate surface area is 297 Å². The van der Waals surface area contributed by atoms with Gasteiger partial charge in [0.15, 0.2) is 0 Å². The molecule has 0 nitrogen and oxygen atoms in total. The molecule has 0 aliphatic heterocycles. The number of fused-ring (bicyclic) bond motifs is 3. The molecule has 0 spiro atoms. The van der Waals surface area contributed by atoms with E-state index in [9.17, 15) is 0 Å². The van der Waals surface area contributed by atoms with Gasteiger partial charge in [-0.1, -0.05) is 0 Å². The molecule has 0 fully saturated rings. The molecule has 9 aromatic carbocycles. The summed E-state index contributed by atoms with van der Waals surface area (Å²) in [6.45, 7) is 14.1. The van der Waals surface area contributed by atoms with Crippen molar-refractivity contribution in [3.63, 3.8) is 0 Å². The summed E-state index contributed by atoms with van der Waals surface area (Å²) in [4.78, 5) is 0. The van der Waals surface area contributed by atoms with Gasteiger partial charge in [-0.05, 0) is 0 Å². The summed E-state index contributed by atoms with van der Waals surface area (Å²) in [5.74, 6) is 0. The first-order chi connectivity index (χ1) is 23.6. The van der Waals surface area contributed by atoms with Crippen LogP contribution in [-0.4, -0.2) is 20.4 Å². The van der Waals surface area contributed by atoms with Gasteiger partial charge < -0.3 is 0 Å². The van der Waals surface area contributed by atoms with Crippen LogP contribution in [0.5, 0.6) is 0 Å². The summed E-state index contributed by atoms with van der Waals surface area (Å²) in [6.07, 6.45) is 0. The zero-order valence-electron chi connectivity index (χ0n) is 29.0.